The topological polar surface area (TPSA) is 64.6 Å². The largest absolute Gasteiger partial charge is 0.388 e. The summed E-state index contributed by atoms with van der Waals surface area (Å²) < 4.78 is 0. The van der Waals surface area contributed by atoms with Crippen molar-refractivity contribution in [1.82, 2.24) is 10.6 Å². The fourth-order valence-corrected chi connectivity index (χ4v) is 2.38. The predicted molar refractivity (Wildman–Crippen MR) is 97.1 cm³/mol. The van der Waals surface area contributed by atoms with Gasteiger partial charge in [0.15, 0.2) is 0 Å². The van der Waals surface area contributed by atoms with Crippen LogP contribution in [0.15, 0.2) is 60.7 Å². The third kappa shape index (κ3) is 5.93. The Morgan fingerprint density at radius 1 is 1.00 bits per heavy atom. The van der Waals surface area contributed by atoms with Crippen LogP contribution >= 0.6 is 0 Å². The minimum Gasteiger partial charge on any atom is -0.388 e. The van der Waals surface area contributed by atoms with E-state index < -0.39 is 6.10 Å². The summed E-state index contributed by atoms with van der Waals surface area (Å²) in [5.74, 6) is 0. The minimum atomic E-state index is -0.560. The van der Waals surface area contributed by atoms with Gasteiger partial charge in [0.1, 0.15) is 0 Å². The quantitative estimate of drug-likeness (QED) is 0.698. The Labute approximate surface area is 143 Å². The number of anilines is 1. The maximum Gasteiger partial charge on any atom is 0.314 e. The number of nitrogens with one attached hydrogen (secondary N) is 2. The van der Waals surface area contributed by atoms with Gasteiger partial charge in [0, 0.05) is 32.4 Å². The van der Waals surface area contributed by atoms with Gasteiger partial charge in [-0.2, -0.15) is 0 Å². The SMILES string of the molecule is CN(CCNC(=O)NCCC(O)c1ccccc1)c1ccccc1. The van der Waals surface area contributed by atoms with E-state index in [1.165, 1.54) is 0 Å². The molecule has 0 aromatic heterocycles. The third-order valence-corrected chi connectivity index (χ3v) is 3.82. The number of carbonyl (C=O) groups excluding carboxylic acids is 1. The molecule has 2 amide bonds. The van der Waals surface area contributed by atoms with Crippen LogP contribution in [0.2, 0.25) is 0 Å². The highest BCUT2D eigenvalue weighted by atomic mass is 16.3. The molecule has 2 aromatic carbocycles. The number of benzene rings is 2. The molecule has 128 valence electrons. The molecule has 0 fully saturated rings. The zero-order valence-corrected chi connectivity index (χ0v) is 14.0. The number of carbonyl (C=O) groups is 1. The van der Waals surface area contributed by atoms with E-state index in [0.29, 0.717) is 19.5 Å². The van der Waals surface area contributed by atoms with Gasteiger partial charge in [0.25, 0.3) is 0 Å². The Morgan fingerprint density at radius 3 is 2.25 bits per heavy atom. The molecule has 24 heavy (non-hydrogen) atoms. The lowest BCUT2D eigenvalue weighted by molar-refractivity contribution is 0.167. The molecule has 0 heterocycles. The third-order valence-electron chi connectivity index (χ3n) is 3.82. The predicted octanol–water partition coefficient (Wildman–Crippen LogP) is 2.55. The highest BCUT2D eigenvalue weighted by Gasteiger charge is 2.07. The van der Waals surface area contributed by atoms with E-state index in [1.807, 2.05) is 67.7 Å². The molecule has 5 heteroatoms. The number of aliphatic hydroxyl groups excluding tert-OH is 1. The lowest BCUT2D eigenvalue weighted by Gasteiger charge is -2.19. The number of nitrogens with zero attached hydrogens (tertiary/aromatic N) is 1. The minimum absolute atomic E-state index is 0.211. The number of aliphatic hydroxyl groups is 1. The van der Waals surface area contributed by atoms with E-state index in [1.54, 1.807) is 0 Å². The first-order valence-corrected chi connectivity index (χ1v) is 8.17. The lowest BCUT2D eigenvalue weighted by atomic mass is 10.1. The normalized spacial score (nSPS) is 11.6. The maximum absolute atomic E-state index is 11.8. The van der Waals surface area contributed by atoms with Crippen LogP contribution in [0.25, 0.3) is 0 Å². The number of para-hydroxylation sites is 1. The number of amides is 2. The molecule has 0 saturated heterocycles. The molecule has 0 aliphatic carbocycles. The summed E-state index contributed by atoms with van der Waals surface area (Å²) in [6, 6.07) is 19.3. The Morgan fingerprint density at radius 2 is 1.58 bits per heavy atom. The second-order valence-corrected chi connectivity index (χ2v) is 5.65. The number of likely N-dealkylation sites (N-methyl/N-ethyl adjacent to an activating group) is 1. The molecule has 0 bridgehead atoms. The van der Waals surface area contributed by atoms with Crippen LogP contribution in [0.3, 0.4) is 0 Å². The number of hydrogen-bond acceptors (Lipinski definition) is 3. The fraction of sp³-hybridized carbons (Fsp3) is 0.316. The molecule has 0 spiro atoms. The van der Waals surface area contributed by atoms with Gasteiger partial charge in [-0.05, 0) is 24.1 Å². The first-order chi connectivity index (χ1) is 11.7. The summed E-state index contributed by atoms with van der Waals surface area (Å²) in [7, 11) is 1.99. The molecule has 0 aliphatic heterocycles. The summed E-state index contributed by atoms with van der Waals surface area (Å²) in [6.07, 6.45) is -0.0721. The van der Waals surface area contributed by atoms with Crippen LogP contribution in [0.1, 0.15) is 18.1 Å². The molecule has 1 atom stereocenters. The lowest BCUT2D eigenvalue weighted by Crippen LogP contribution is -2.40. The monoisotopic (exact) mass is 327 g/mol. The average Bonchev–Trinajstić information content (AvgIpc) is 2.63. The van der Waals surface area contributed by atoms with Crippen LogP contribution < -0.4 is 15.5 Å². The highest BCUT2D eigenvalue weighted by Crippen LogP contribution is 2.14. The average molecular weight is 327 g/mol. The molecule has 1 unspecified atom stereocenters. The summed E-state index contributed by atoms with van der Waals surface area (Å²) in [4.78, 5) is 13.8. The van der Waals surface area contributed by atoms with E-state index in [2.05, 4.69) is 15.5 Å². The first-order valence-electron chi connectivity index (χ1n) is 8.17. The zero-order valence-electron chi connectivity index (χ0n) is 14.0. The van der Waals surface area contributed by atoms with Gasteiger partial charge >= 0.3 is 6.03 Å². The molecule has 5 nitrogen and oxygen atoms in total. The first kappa shape index (κ1) is 17.8. The maximum atomic E-state index is 11.8. The second kappa shape index (κ2) is 9.57. The van der Waals surface area contributed by atoms with Crippen molar-refractivity contribution in [1.29, 1.82) is 0 Å². The molecule has 0 saturated carbocycles. The Kier molecular flexibility index (Phi) is 7.11. The summed E-state index contributed by atoms with van der Waals surface area (Å²) in [5, 5.41) is 15.6. The molecular weight excluding hydrogens is 302 g/mol. The van der Waals surface area contributed by atoms with E-state index in [0.717, 1.165) is 17.8 Å². The Balaban J connectivity index is 1.60. The van der Waals surface area contributed by atoms with Crippen molar-refractivity contribution < 1.29 is 9.90 Å². The van der Waals surface area contributed by atoms with Crippen molar-refractivity contribution in [2.45, 2.75) is 12.5 Å². The van der Waals surface area contributed by atoms with E-state index in [9.17, 15) is 9.90 Å². The van der Waals surface area contributed by atoms with E-state index >= 15 is 0 Å². The van der Waals surface area contributed by atoms with Gasteiger partial charge in [-0.15, -0.1) is 0 Å². The van der Waals surface area contributed by atoms with Crippen LogP contribution in [-0.4, -0.2) is 37.8 Å². The van der Waals surface area contributed by atoms with E-state index in [4.69, 9.17) is 0 Å². The fourth-order valence-electron chi connectivity index (χ4n) is 2.38. The van der Waals surface area contributed by atoms with Gasteiger partial charge < -0.3 is 20.6 Å². The van der Waals surface area contributed by atoms with Gasteiger partial charge in [0.05, 0.1) is 6.10 Å². The van der Waals surface area contributed by atoms with Crippen LogP contribution in [-0.2, 0) is 0 Å². The van der Waals surface area contributed by atoms with Crippen molar-refractivity contribution in [3.63, 3.8) is 0 Å². The van der Waals surface area contributed by atoms with Crippen molar-refractivity contribution in [2.75, 3.05) is 31.6 Å². The Hall–Kier alpha value is -2.53. The highest BCUT2D eigenvalue weighted by molar-refractivity contribution is 5.73. The smallest absolute Gasteiger partial charge is 0.314 e. The van der Waals surface area contributed by atoms with Crippen molar-refractivity contribution in [2.24, 2.45) is 0 Å². The van der Waals surface area contributed by atoms with Gasteiger partial charge in [-0.1, -0.05) is 48.5 Å². The molecule has 2 rings (SSSR count). The second-order valence-electron chi connectivity index (χ2n) is 5.65. The molecule has 2 aromatic rings. The molecule has 0 radical (unpaired) electrons. The molecular formula is C19H25N3O2. The number of urea groups is 1. The molecule has 3 N–H and O–H groups in total. The standard InChI is InChI=1S/C19H25N3O2/c1-22(17-10-6-3-7-11-17)15-14-21-19(24)20-13-12-18(23)16-8-4-2-5-9-16/h2-11,18,23H,12-15H2,1H3,(H2,20,21,24). The Bertz CT molecular complexity index is 551. The van der Waals surface area contributed by atoms with E-state index in [-0.39, 0.29) is 6.03 Å². The zero-order chi connectivity index (χ0) is 17.2. The van der Waals surface area contributed by atoms with Crippen LogP contribution in [0.5, 0.6) is 0 Å². The number of hydrogen-bond donors (Lipinski definition) is 3. The summed E-state index contributed by atoms with van der Waals surface area (Å²) >= 11 is 0. The van der Waals surface area contributed by atoms with Gasteiger partial charge in [0.2, 0.25) is 0 Å². The van der Waals surface area contributed by atoms with Crippen molar-refractivity contribution in [3.05, 3.63) is 66.2 Å². The summed E-state index contributed by atoms with van der Waals surface area (Å²) in [6.45, 7) is 1.71. The van der Waals surface area contributed by atoms with Gasteiger partial charge in [-0.25, -0.2) is 4.79 Å². The van der Waals surface area contributed by atoms with Gasteiger partial charge in [-0.3, -0.25) is 0 Å². The van der Waals surface area contributed by atoms with Crippen LogP contribution in [0, 0.1) is 0 Å². The van der Waals surface area contributed by atoms with Crippen molar-refractivity contribution in [3.8, 4) is 0 Å². The van der Waals surface area contributed by atoms with Crippen LogP contribution in [0.4, 0.5) is 10.5 Å². The van der Waals surface area contributed by atoms with Crippen molar-refractivity contribution >= 4 is 11.7 Å². The molecule has 0 aliphatic rings. The number of rotatable bonds is 8. The summed E-state index contributed by atoms with van der Waals surface area (Å²) in [5.41, 5.74) is 1.98.